The van der Waals surface area contributed by atoms with Gasteiger partial charge in [0.15, 0.2) is 11.2 Å². The summed E-state index contributed by atoms with van der Waals surface area (Å²) in [4.78, 5) is 41.1. The van der Waals surface area contributed by atoms with E-state index in [2.05, 4.69) is 10.3 Å². The normalized spacial score (nSPS) is 11.7. The molecule has 11 nitrogen and oxygen atoms in total. The Hall–Kier alpha value is -3.25. The zero-order valence-electron chi connectivity index (χ0n) is 14.4. The van der Waals surface area contributed by atoms with E-state index < -0.39 is 33.7 Å². The lowest BCUT2D eigenvalue weighted by Crippen LogP contribution is -2.42. The summed E-state index contributed by atoms with van der Waals surface area (Å²) in [5.41, 5.74) is -0.595. The monoisotopic (exact) mass is 392 g/mol. The van der Waals surface area contributed by atoms with Crippen molar-refractivity contribution in [3.63, 3.8) is 0 Å². The molecule has 12 heteroatoms. The van der Waals surface area contributed by atoms with Crippen molar-refractivity contribution in [2.45, 2.75) is 11.4 Å². The van der Waals surface area contributed by atoms with Crippen molar-refractivity contribution in [3.05, 3.63) is 51.4 Å². The summed E-state index contributed by atoms with van der Waals surface area (Å²) < 4.78 is 25.9. The second kappa shape index (κ2) is 6.48. The predicted octanol–water partition coefficient (Wildman–Crippen LogP) is -1.28. The highest BCUT2D eigenvalue weighted by Crippen LogP contribution is 2.12. The van der Waals surface area contributed by atoms with Gasteiger partial charge in [-0.3, -0.25) is 14.2 Å². The first-order valence-electron chi connectivity index (χ1n) is 7.63. The third-order valence-corrected chi connectivity index (χ3v) is 4.90. The van der Waals surface area contributed by atoms with E-state index in [0.29, 0.717) is 5.69 Å². The molecule has 0 saturated heterocycles. The molecule has 1 amide bonds. The molecule has 3 rings (SSSR count). The van der Waals surface area contributed by atoms with Gasteiger partial charge < -0.3 is 9.88 Å². The van der Waals surface area contributed by atoms with Crippen LogP contribution in [0.25, 0.3) is 11.2 Å². The van der Waals surface area contributed by atoms with Gasteiger partial charge in [0.05, 0.1) is 11.2 Å². The predicted molar refractivity (Wildman–Crippen MR) is 96.7 cm³/mol. The van der Waals surface area contributed by atoms with E-state index in [9.17, 15) is 22.8 Å². The molecule has 0 fully saturated rings. The van der Waals surface area contributed by atoms with Crippen molar-refractivity contribution < 1.29 is 13.2 Å². The molecule has 0 radical (unpaired) electrons. The van der Waals surface area contributed by atoms with E-state index >= 15 is 0 Å². The van der Waals surface area contributed by atoms with Gasteiger partial charge in [-0.1, -0.05) is 0 Å². The number of primary sulfonamides is 1. The van der Waals surface area contributed by atoms with Crippen molar-refractivity contribution in [1.29, 1.82) is 0 Å². The number of anilines is 1. The zero-order valence-corrected chi connectivity index (χ0v) is 15.2. The molecule has 0 saturated carbocycles. The van der Waals surface area contributed by atoms with E-state index in [1.54, 1.807) is 7.05 Å². The molecular formula is C15H16N6O5S. The first kappa shape index (κ1) is 18.5. The number of nitrogens with two attached hydrogens (primary N) is 1. The molecule has 0 spiro atoms. The average Bonchev–Trinajstić information content (AvgIpc) is 2.98. The van der Waals surface area contributed by atoms with Gasteiger partial charge in [0, 0.05) is 19.8 Å². The highest BCUT2D eigenvalue weighted by molar-refractivity contribution is 7.89. The van der Waals surface area contributed by atoms with E-state index in [-0.39, 0.29) is 16.1 Å². The lowest BCUT2D eigenvalue weighted by atomic mass is 10.3. The Labute approximate surface area is 152 Å². The number of nitrogens with zero attached hydrogens (tertiary/aromatic N) is 4. The summed E-state index contributed by atoms with van der Waals surface area (Å²) in [6.07, 6.45) is 1.41. The first-order valence-corrected chi connectivity index (χ1v) is 9.18. The van der Waals surface area contributed by atoms with Crippen LogP contribution in [0.15, 0.2) is 45.1 Å². The van der Waals surface area contributed by atoms with E-state index in [4.69, 9.17) is 5.14 Å². The van der Waals surface area contributed by atoms with Gasteiger partial charge >= 0.3 is 5.69 Å². The van der Waals surface area contributed by atoms with Crippen molar-refractivity contribution in [3.8, 4) is 0 Å². The maximum atomic E-state index is 12.6. The van der Waals surface area contributed by atoms with Gasteiger partial charge in [-0.2, -0.15) is 0 Å². The van der Waals surface area contributed by atoms with Crippen LogP contribution in [0.3, 0.4) is 0 Å². The molecule has 0 aliphatic rings. The third kappa shape index (κ3) is 3.39. The van der Waals surface area contributed by atoms with Crippen LogP contribution in [0.2, 0.25) is 0 Å². The summed E-state index contributed by atoms with van der Waals surface area (Å²) in [6.45, 7) is -0.510. The largest absolute Gasteiger partial charge is 0.332 e. The fourth-order valence-electron chi connectivity index (χ4n) is 2.61. The Morgan fingerprint density at radius 1 is 1.19 bits per heavy atom. The summed E-state index contributed by atoms with van der Waals surface area (Å²) >= 11 is 0. The zero-order chi connectivity index (χ0) is 19.9. The van der Waals surface area contributed by atoms with Gasteiger partial charge in [0.1, 0.15) is 6.54 Å². The van der Waals surface area contributed by atoms with Crippen LogP contribution in [0, 0.1) is 0 Å². The van der Waals surface area contributed by atoms with Crippen LogP contribution in [0.5, 0.6) is 0 Å². The number of hydrogen-bond donors (Lipinski definition) is 2. The minimum absolute atomic E-state index is 0.104. The number of aromatic nitrogens is 4. The number of carbonyl (C=O) groups excluding carboxylic acids is 1. The molecule has 2 aromatic heterocycles. The molecule has 0 atom stereocenters. The van der Waals surface area contributed by atoms with Crippen molar-refractivity contribution in [1.82, 2.24) is 18.7 Å². The fraction of sp³-hybridized carbons (Fsp3) is 0.200. The summed E-state index contributed by atoms with van der Waals surface area (Å²) in [7, 11) is -0.777. The molecule has 0 unspecified atom stereocenters. The number of fused-ring (bicyclic) bond motifs is 1. The van der Waals surface area contributed by atoms with Gasteiger partial charge in [0.2, 0.25) is 15.9 Å². The molecule has 0 aliphatic carbocycles. The number of rotatable bonds is 4. The Kier molecular flexibility index (Phi) is 4.45. The van der Waals surface area contributed by atoms with Crippen molar-refractivity contribution in [2.24, 2.45) is 19.2 Å². The van der Waals surface area contributed by atoms with Crippen molar-refractivity contribution in [2.75, 3.05) is 5.32 Å². The Morgan fingerprint density at radius 2 is 1.81 bits per heavy atom. The van der Waals surface area contributed by atoms with Crippen molar-refractivity contribution >= 4 is 32.8 Å². The lowest BCUT2D eigenvalue weighted by molar-refractivity contribution is -0.116. The number of aryl methyl sites for hydroxylation is 2. The topological polar surface area (TPSA) is 151 Å². The van der Waals surface area contributed by atoms with Gasteiger partial charge in [-0.25, -0.2) is 27.9 Å². The molecule has 3 aromatic rings. The van der Waals surface area contributed by atoms with Crippen LogP contribution < -0.4 is 21.7 Å². The van der Waals surface area contributed by atoms with E-state index in [1.807, 2.05) is 0 Å². The molecule has 0 aliphatic heterocycles. The minimum atomic E-state index is -3.84. The average molecular weight is 392 g/mol. The molecule has 142 valence electrons. The second-order valence-corrected chi connectivity index (χ2v) is 7.44. The van der Waals surface area contributed by atoms with E-state index in [0.717, 1.165) is 4.57 Å². The number of imidazole rings is 1. The Bertz CT molecular complexity index is 1270. The summed E-state index contributed by atoms with van der Waals surface area (Å²) in [5.74, 6) is -0.626. The first-order chi connectivity index (χ1) is 12.6. The third-order valence-electron chi connectivity index (χ3n) is 3.97. The maximum Gasteiger partial charge on any atom is 0.332 e. The highest BCUT2D eigenvalue weighted by atomic mass is 32.2. The Balaban J connectivity index is 1.90. The summed E-state index contributed by atoms with van der Waals surface area (Å²) in [6, 6.07) is 5.17. The minimum Gasteiger partial charge on any atom is -0.328 e. The van der Waals surface area contributed by atoms with Crippen LogP contribution in [-0.4, -0.2) is 33.0 Å². The van der Waals surface area contributed by atoms with E-state index in [1.165, 1.54) is 46.8 Å². The number of hydrogen-bond acceptors (Lipinski definition) is 6. The van der Waals surface area contributed by atoms with Gasteiger partial charge in [-0.05, 0) is 24.3 Å². The number of nitrogens with one attached hydrogen (secondary N) is 1. The standard InChI is InChI=1S/C15H16N6O5S/c1-19-8-17-13-12(19)14(23)21(15(24)20(13)2)7-11(22)18-9-3-5-10(6-4-9)27(16,25)26/h3-6,8H,7H2,1-2H3,(H,18,22)(H2,16,25,26). The molecule has 1 aromatic carbocycles. The highest BCUT2D eigenvalue weighted by Gasteiger charge is 2.17. The Morgan fingerprint density at radius 3 is 2.41 bits per heavy atom. The van der Waals surface area contributed by atoms with Gasteiger partial charge in [0.25, 0.3) is 5.56 Å². The smallest absolute Gasteiger partial charge is 0.328 e. The number of sulfonamides is 1. The number of amides is 1. The maximum absolute atomic E-state index is 12.6. The van der Waals surface area contributed by atoms with Gasteiger partial charge in [-0.15, -0.1) is 0 Å². The molecule has 3 N–H and O–H groups in total. The number of benzene rings is 1. The van der Waals surface area contributed by atoms with Crippen LogP contribution in [0.4, 0.5) is 5.69 Å². The summed E-state index contributed by atoms with van der Waals surface area (Å²) in [5, 5.41) is 7.50. The quantitative estimate of drug-likeness (QED) is 0.564. The molecule has 2 heterocycles. The molecule has 27 heavy (non-hydrogen) atoms. The molecular weight excluding hydrogens is 376 g/mol. The van der Waals surface area contributed by atoms with Crippen LogP contribution in [0.1, 0.15) is 0 Å². The number of carbonyl (C=O) groups is 1. The fourth-order valence-corrected chi connectivity index (χ4v) is 3.12. The van der Waals surface area contributed by atoms with Crippen LogP contribution >= 0.6 is 0 Å². The molecule has 0 bridgehead atoms. The lowest BCUT2D eigenvalue weighted by Gasteiger charge is -2.09. The van der Waals surface area contributed by atoms with Crippen LogP contribution in [-0.2, 0) is 35.5 Å². The SMILES string of the molecule is Cn1cnc2c1c(=O)n(CC(=O)Nc1ccc(S(N)(=O)=O)cc1)c(=O)n2C. The second-order valence-electron chi connectivity index (χ2n) is 5.88.